The molecular formula is C12H11ClF3NO2. The van der Waals surface area contributed by atoms with Crippen LogP contribution in [0.15, 0.2) is 36.2 Å². The van der Waals surface area contributed by atoms with Crippen LogP contribution in [0.5, 0.6) is 0 Å². The topological polar surface area (TPSA) is 38.3 Å². The minimum absolute atomic E-state index is 0.123. The summed E-state index contributed by atoms with van der Waals surface area (Å²) in [5.74, 6) is -2.26. The number of allylic oxidation sites excluding steroid dienone is 1. The van der Waals surface area contributed by atoms with Crippen molar-refractivity contribution in [1.82, 2.24) is 0 Å². The Kier molecular flexibility index (Phi) is 5.23. The highest BCUT2D eigenvalue weighted by Crippen LogP contribution is 2.19. The van der Waals surface area contributed by atoms with Crippen LogP contribution in [0.25, 0.3) is 0 Å². The van der Waals surface area contributed by atoms with Crippen molar-refractivity contribution in [3.05, 3.63) is 41.2 Å². The normalized spacial score (nSPS) is 12.2. The molecule has 7 heteroatoms. The molecule has 0 fully saturated rings. The molecule has 1 aromatic rings. The molecule has 0 saturated heterocycles. The fraction of sp³-hybridized carbons (Fsp3) is 0.250. The predicted molar refractivity (Wildman–Crippen MR) is 65.8 cm³/mol. The Morgan fingerprint density at radius 3 is 2.42 bits per heavy atom. The van der Waals surface area contributed by atoms with E-state index in [1.165, 1.54) is 0 Å². The number of alkyl halides is 3. The van der Waals surface area contributed by atoms with Gasteiger partial charge in [0.1, 0.15) is 0 Å². The largest absolute Gasteiger partial charge is 0.479 e. The van der Waals surface area contributed by atoms with E-state index >= 15 is 0 Å². The van der Waals surface area contributed by atoms with Crippen molar-refractivity contribution in [2.45, 2.75) is 13.1 Å². The number of carbonyl (C=O) groups excluding carboxylic acids is 1. The molecule has 0 bridgehead atoms. The van der Waals surface area contributed by atoms with Gasteiger partial charge >= 0.3 is 6.18 Å². The number of rotatable bonds is 5. The predicted octanol–water partition coefficient (Wildman–Crippen LogP) is 3.76. The standard InChI is InChI=1S/C12H11ClF3NO2/c1-2-19-11(7-10(18)12(14,15)16)17-9-5-3-8(13)4-6-9/h3-7,17H,2H2,1H3/b11-7+. The van der Waals surface area contributed by atoms with Crippen molar-refractivity contribution < 1.29 is 22.7 Å². The van der Waals surface area contributed by atoms with Crippen LogP contribution in [0.4, 0.5) is 18.9 Å². The number of anilines is 1. The number of benzene rings is 1. The molecule has 104 valence electrons. The third kappa shape index (κ3) is 5.21. The zero-order chi connectivity index (χ0) is 14.5. The summed E-state index contributed by atoms with van der Waals surface area (Å²) in [5, 5.41) is 3.05. The van der Waals surface area contributed by atoms with Crippen molar-refractivity contribution in [2.24, 2.45) is 0 Å². The Hall–Kier alpha value is -1.69. The lowest BCUT2D eigenvalue weighted by Crippen LogP contribution is -2.22. The minimum atomic E-state index is -4.93. The van der Waals surface area contributed by atoms with Gasteiger partial charge in [-0.1, -0.05) is 11.6 Å². The summed E-state index contributed by atoms with van der Waals surface area (Å²) in [7, 11) is 0. The van der Waals surface area contributed by atoms with Gasteiger partial charge in [-0.3, -0.25) is 4.79 Å². The van der Waals surface area contributed by atoms with Gasteiger partial charge in [-0.15, -0.1) is 0 Å². The van der Waals surface area contributed by atoms with Crippen molar-refractivity contribution in [3.63, 3.8) is 0 Å². The maximum atomic E-state index is 12.1. The first kappa shape index (κ1) is 15.4. The van der Waals surface area contributed by atoms with Gasteiger partial charge in [-0.2, -0.15) is 13.2 Å². The summed E-state index contributed by atoms with van der Waals surface area (Å²) < 4.78 is 41.4. The molecule has 19 heavy (non-hydrogen) atoms. The summed E-state index contributed by atoms with van der Waals surface area (Å²) in [4.78, 5) is 10.9. The molecule has 0 spiro atoms. The molecule has 1 rings (SSSR count). The van der Waals surface area contributed by atoms with Crippen molar-refractivity contribution in [1.29, 1.82) is 0 Å². The molecule has 0 atom stereocenters. The molecule has 3 nitrogen and oxygen atoms in total. The van der Waals surface area contributed by atoms with E-state index in [2.05, 4.69) is 5.32 Å². The zero-order valence-corrected chi connectivity index (χ0v) is 10.7. The summed E-state index contributed by atoms with van der Waals surface area (Å²) in [6, 6.07) is 6.21. The van der Waals surface area contributed by atoms with Gasteiger partial charge in [0.2, 0.25) is 0 Å². The van der Waals surface area contributed by atoms with Crippen molar-refractivity contribution >= 4 is 23.1 Å². The molecule has 1 aromatic carbocycles. The molecular weight excluding hydrogens is 283 g/mol. The molecule has 0 heterocycles. The van der Waals surface area contributed by atoms with Crippen molar-refractivity contribution in [2.75, 3.05) is 11.9 Å². The van der Waals surface area contributed by atoms with Crippen molar-refractivity contribution in [3.8, 4) is 0 Å². The van der Waals surface area contributed by atoms with Gasteiger partial charge in [-0.05, 0) is 31.2 Å². The van der Waals surface area contributed by atoms with Gasteiger partial charge in [-0.25, -0.2) is 0 Å². The summed E-state index contributed by atoms with van der Waals surface area (Å²) in [5.41, 5.74) is 0.457. The fourth-order valence-electron chi connectivity index (χ4n) is 1.15. The van der Waals surface area contributed by atoms with Gasteiger partial charge in [0.15, 0.2) is 5.88 Å². The number of hydrogen-bond donors (Lipinski definition) is 1. The maximum absolute atomic E-state index is 12.1. The maximum Gasteiger partial charge on any atom is 0.454 e. The van der Waals surface area contributed by atoms with Gasteiger partial charge in [0, 0.05) is 10.7 Å². The number of ether oxygens (including phenoxy) is 1. The Labute approximate surface area is 113 Å². The quantitative estimate of drug-likeness (QED) is 0.663. The molecule has 0 aliphatic carbocycles. The molecule has 0 saturated carbocycles. The van der Waals surface area contributed by atoms with E-state index in [9.17, 15) is 18.0 Å². The highest BCUT2D eigenvalue weighted by molar-refractivity contribution is 6.30. The first-order chi connectivity index (χ1) is 8.82. The number of hydrogen-bond acceptors (Lipinski definition) is 3. The summed E-state index contributed by atoms with van der Waals surface area (Å²) in [6.45, 7) is 1.72. The molecule has 0 aliphatic rings. The van der Waals surface area contributed by atoms with Crippen LogP contribution in [-0.2, 0) is 9.53 Å². The summed E-state index contributed by atoms with van der Waals surface area (Å²) >= 11 is 5.68. The first-order valence-electron chi connectivity index (χ1n) is 5.31. The van der Waals surface area contributed by atoms with E-state index in [0.29, 0.717) is 16.8 Å². The third-order valence-electron chi connectivity index (χ3n) is 1.95. The number of carbonyl (C=O) groups is 1. The second-order valence-corrected chi connectivity index (χ2v) is 3.87. The van der Waals surface area contributed by atoms with Crippen LogP contribution in [0.3, 0.4) is 0 Å². The van der Waals surface area contributed by atoms with Crippen LogP contribution < -0.4 is 5.32 Å². The second kappa shape index (κ2) is 6.47. The average Bonchev–Trinajstić information content (AvgIpc) is 2.31. The lowest BCUT2D eigenvalue weighted by Gasteiger charge is -2.12. The SMILES string of the molecule is CCO/C(=C/C(=O)C(F)(F)F)Nc1ccc(Cl)cc1. The lowest BCUT2D eigenvalue weighted by atomic mass is 10.3. The monoisotopic (exact) mass is 293 g/mol. The molecule has 0 unspecified atom stereocenters. The number of ketones is 1. The minimum Gasteiger partial charge on any atom is -0.479 e. The van der Waals surface area contributed by atoms with Gasteiger partial charge in [0.05, 0.1) is 12.7 Å². The summed E-state index contributed by atoms with van der Waals surface area (Å²) in [6.07, 6.45) is -4.55. The molecule has 0 radical (unpaired) electrons. The average molecular weight is 294 g/mol. The highest BCUT2D eigenvalue weighted by Gasteiger charge is 2.37. The molecule has 0 aliphatic heterocycles. The second-order valence-electron chi connectivity index (χ2n) is 3.44. The molecule has 0 aromatic heterocycles. The van der Waals surface area contributed by atoms with Gasteiger partial charge in [0.25, 0.3) is 5.78 Å². The van der Waals surface area contributed by atoms with E-state index in [1.807, 2.05) is 0 Å². The van der Waals surface area contributed by atoms with Crippen LogP contribution >= 0.6 is 11.6 Å². The number of halogens is 4. The van der Waals surface area contributed by atoms with Gasteiger partial charge < -0.3 is 10.1 Å². The number of nitrogens with one attached hydrogen (secondary N) is 1. The van der Waals surface area contributed by atoms with E-state index in [4.69, 9.17) is 16.3 Å². The zero-order valence-electron chi connectivity index (χ0n) is 9.92. The van der Waals surface area contributed by atoms with E-state index in [1.54, 1.807) is 31.2 Å². The third-order valence-corrected chi connectivity index (χ3v) is 2.21. The molecule has 0 amide bonds. The Bertz CT molecular complexity index is 469. The molecule has 1 N–H and O–H groups in total. The van der Waals surface area contributed by atoms with E-state index in [0.717, 1.165) is 0 Å². The van der Waals surface area contributed by atoms with Crippen LogP contribution in [0.2, 0.25) is 5.02 Å². The lowest BCUT2D eigenvalue weighted by molar-refractivity contribution is -0.165. The van der Waals surface area contributed by atoms with E-state index < -0.39 is 12.0 Å². The fourth-order valence-corrected chi connectivity index (χ4v) is 1.27. The first-order valence-corrected chi connectivity index (χ1v) is 5.69. The highest BCUT2D eigenvalue weighted by atomic mass is 35.5. The van der Waals surface area contributed by atoms with Crippen LogP contribution in [0, 0.1) is 0 Å². The Balaban J connectivity index is 2.86. The van der Waals surface area contributed by atoms with Crippen LogP contribution in [0.1, 0.15) is 6.92 Å². The van der Waals surface area contributed by atoms with Crippen LogP contribution in [-0.4, -0.2) is 18.6 Å². The van der Waals surface area contributed by atoms with E-state index in [-0.39, 0.29) is 12.5 Å². The smallest absolute Gasteiger partial charge is 0.454 e. The Morgan fingerprint density at radius 1 is 1.37 bits per heavy atom. The Morgan fingerprint density at radius 2 is 1.95 bits per heavy atom.